The number of rotatable bonds is 6. The van der Waals surface area contributed by atoms with Crippen LogP contribution in [0.5, 0.6) is 0 Å². The zero-order chi connectivity index (χ0) is 20.2. The van der Waals surface area contributed by atoms with Crippen LogP contribution in [0.15, 0.2) is 23.1 Å². The lowest BCUT2D eigenvalue weighted by Gasteiger charge is -2.30. The van der Waals surface area contributed by atoms with E-state index < -0.39 is 10.0 Å². The van der Waals surface area contributed by atoms with Crippen LogP contribution >= 0.6 is 0 Å². The van der Waals surface area contributed by atoms with Crippen LogP contribution in [0, 0.1) is 12.8 Å². The van der Waals surface area contributed by atoms with Gasteiger partial charge in [-0.25, -0.2) is 8.42 Å². The van der Waals surface area contributed by atoms with Gasteiger partial charge in [0.25, 0.3) is 5.91 Å². The minimum absolute atomic E-state index is 0.0425. The standard InChI is InChI=1S/C19H28N2O5S/c1-5-26-19(23)15-8-10-21(11-9-15)27(24,25)16-7-6-14(4)17(12-16)18(22)20-13(2)3/h6-7,12-13,15H,5,8-11H2,1-4H3,(H,20,22). The smallest absolute Gasteiger partial charge is 0.309 e. The van der Waals surface area contributed by atoms with Gasteiger partial charge in [-0.1, -0.05) is 6.07 Å². The van der Waals surface area contributed by atoms with Crippen molar-refractivity contribution in [1.82, 2.24) is 9.62 Å². The van der Waals surface area contributed by atoms with Gasteiger partial charge in [0, 0.05) is 24.7 Å². The van der Waals surface area contributed by atoms with Crippen molar-refractivity contribution >= 4 is 21.9 Å². The number of hydrogen-bond acceptors (Lipinski definition) is 5. The predicted octanol–water partition coefficient (Wildman–Crippen LogP) is 2.10. The number of carbonyl (C=O) groups excluding carboxylic acids is 2. The van der Waals surface area contributed by atoms with Gasteiger partial charge >= 0.3 is 5.97 Å². The Morgan fingerprint density at radius 2 is 1.89 bits per heavy atom. The lowest BCUT2D eigenvalue weighted by molar-refractivity contribution is -0.149. The van der Waals surface area contributed by atoms with E-state index in [9.17, 15) is 18.0 Å². The van der Waals surface area contributed by atoms with Gasteiger partial charge in [-0.2, -0.15) is 4.31 Å². The number of nitrogens with zero attached hydrogens (tertiary/aromatic N) is 1. The summed E-state index contributed by atoms with van der Waals surface area (Å²) < 4.78 is 32.3. The third kappa shape index (κ3) is 5.07. The number of amides is 1. The van der Waals surface area contributed by atoms with E-state index in [1.165, 1.54) is 16.4 Å². The predicted molar refractivity (Wildman–Crippen MR) is 102 cm³/mol. The molecule has 1 aliphatic heterocycles. The van der Waals surface area contributed by atoms with Crippen molar-refractivity contribution in [3.05, 3.63) is 29.3 Å². The Hall–Kier alpha value is -1.93. The average Bonchev–Trinajstić information content (AvgIpc) is 2.61. The molecule has 150 valence electrons. The summed E-state index contributed by atoms with van der Waals surface area (Å²) in [4.78, 5) is 24.3. The van der Waals surface area contributed by atoms with Gasteiger partial charge in [0.05, 0.1) is 17.4 Å². The highest BCUT2D eigenvalue weighted by molar-refractivity contribution is 7.89. The number of nitrogens with one attached hydrogen (secondary N) is 1. The van der Waals surface area contributed by atoms with E-state index >= 15 is 0 Å². The van der Waals surface area contributed by atoms with Crippen molar-refractivity contribution in [2.24, 2.45) is 5.92 Å². The van der Waals surface area contributed by atoms with Gasteiger partial charge in [0.15, 0.2) is 0 Å². The number of aryl methyl sites for hydroxylation is 1. The van der Waals surface area contributed by atoms with Crippen LogP contribution < -0.4 is 5.32 Å². The highest BCUT2D eigenvalue weighted by atomic mass is 32.2. The van der Waals surface area contributed by atoms with Crippen molar-refractivity contribution in [1.29, 1.82) is 0 Å². The number of ether oxygens (including phenoxy) is 1. The van der Waals surface area contributed by atoms with Crippen LogP contribution in [0.4, 0.5) is 0 Å². The highest BCUT2D eigenvalue weighted by Gasteiger charge is 2.33. The molecule has 27 heavy (non-hydrogen) atoms. The van der Waals surface area contributed by atoms with Crippen molar-refractivity contribution in [3.63, 3.8) is 0 Å². The number of esters is 1. The van der Waals surface area contributed by atoms with E-state index in [-0.39, 0.29) is 41.8 Å². The molecule has 0 bridgehead atoms. The van der Waals surface area contributed by atoms with E-state index in [1.807, 2.05) is 13.8 Å². The molecule has 1 heterocycles. The Balaban J connectivity index is 2.18. The molecule has 1 fully saturated rings. The topological polar surface area (TPSA) is 92.8 Å². The summed E-state index contributed by atoms with van der Waals surface area (Å²) in [6.45, 7) is 8.06. The Morgan fingerprint density at radius 3 is 2.44 bits per heavy atom. The van der Waals surface area contributed by atoms with Gasteiger partial charge in [-0.3, -0.25) is 9.59 Å². The molecule has 0 aliphatic carbocycles. The van der Waals surface area contributed by atoms with Crippen LogP contribution in [-0.4, -0.2) is 50.3 Å². The van der Waals surface area contributed by atoms with Crippen molar-refractivity contribution < 1.29 is 22.7 Å². The van der Waals surface area contributed by atoms with Crippen LogP contribution in [-0.2, 0) is 19.6 Å². The molecule has 1 aromatic carbocycles. The summed E-state index contributed by atoms with van der Waals surface area (Å²) in [5.74, 6) is -0.820. The normalized spacial score (nSPS) is 16.3. The lowest BCUT2D eigenvalue weighted by atomic mass is 9.98. The largest absolute Gasteiger partial charge is 0.466 e. The zero-order valence-corrected chi connectivity index (χ0v) is 17.1. The minimum Gasteiger partial charge on any atom is -0.466 e. The molecule has 1 saturated heterocycles. The first-order valence-corrected chi connectivity index (χ1v) is 10.7. The molecule has 0 atom stereocenters. The SMILES string of the molecule is CCOC(=O)C1CCN(S(=O)(=O)c2ccc(C)c(C(=O)NC(C)C)c2)CC1. The summed E-state index contributed by atoms with van der Waals surface area (Å²) in [5, 5.41) is 2.79. The molecule has 7 nitrogen and oxygen atoms in total. The number of carbonyl (C=O) groups is 2. The van der Waals surface area contributed by atoms with Crippen molar-refractivity contribution in [3.8, 4) is 0 Å². The van der Waals surface area contributed by atoms with E-state index in [0.29, 0.717) is 30.6 Å². The van der Waals surface area contributed by atoms with Gasteiger partial charge in [0.1, 0.15) is 0 Å². The maximum Gasteiger partial charge on any atom is 0.309 e. The second-order valence-electron chi connectivity index (χ2n) is 7.04. The molecule has 1 aliphatic rings. The van der Waals surface area contributed by atoms with Crippen LogP contribution in [0.25, 0.3) is 0 Å². The number of hydrogen-bond donors (Lipinski definition) is 1. The summed E-state index contributed by atoms with van der Waals surface area (Å²) in [6.07, 6.45) is 0.870. The highest BCUT2D eigenvalue weighted by Crippen LogP contribution is 2.26. The maximum atomic E-state index is 13.0. The molecule has 2 rings (SSSR count). The second-order valence-corrected chi connectivity index (χ2v) is 8.97. The summed E-state index contributed by atoms with van der Waals surface area (Å²) in [7, 11) is -3.72. The average molecular weight is 397 g/mol. The molecule has 0 spiro atoms. The molecule has 0 aromatic heterocycles. The summed E-state index contributed by atoms with van der Waals surface area (Å²) in [6, 6.07) is 4.56. The Morgan fingerprint density at radius 1 is 1.26 bits per heavy atom. The third-order valence-electron chi connectivity index (χ3n) is 4.59. The first kappa shape index (κ1) is 21.4. The molecule has 0 unspecified atom stereocenters. The molecule has 1 N–H and O–H groups in total. The first-order chi connectivity index (χ1) is 12.7. The maximum absolute atomic E-state index is 13.0. The number of sulfonamides is 1. The molecular formula is C19H28N2O5S. The third-order valence-corrected chi connectivity index (χ3v) is 6.48. The quantitative estimate of drug-likeness (QED) is 0.744. The monoisotopic (exact) mass is 396 g/mol. The lowest BCUT2D eigenvalue weighted by Crippen LogP contribution is -2.40. The molecule has 1 amide bonds. The molecule has 0 saturated carbocycles. The summed E-state index contributed by atoms with van der Waals surface area (Å²) in [5.41, 5.74) is 1.07. The van der Waals surface area contributed by atoms with Crippen LogP contribution in [0.3, 0.4) is 0 Å². The van der Waals surface area contributed by atoms with Gasteiger partial charge in [-0.05, 0) is 58.2 Å². The summed E-state index contributed by atoms with van der Waals surface area (Å²) >= 11 is 0. The molecular weight excluding hydrogens is 368 g/mol. The molecule has 8 heteroatoms. The van der Waals surface area contributed by atoms with E-state index in [0.717, 1.165) is 0 Å². The van der Waals surface area contributed by atoms with Gasteiger partial charge in [-0.15, -0.1) is 0 Å². The van der Waals surface area contributed by atoms with Gasteiger partial charge < -0.3 is 10.1 Å². The Kier molecular flexibility index (Phi) is 7.00. The molecule has 0 radical (unpaired) electrons. The van der Waals surface area contributed by atoms with Gasteiger partial charge in [0.2, 0.25) is 10.0 Å². The van der Waals surface area contributed by atoms with E-state index in [4.69, 9.17) is 4.74 Å². The zero-order valence-electron chi connectivity index (χ0n) is 16.3. The van der Waals surface area contributed by atoms with Crippen molar-refractivity contribution in [2.75, 3.05) is 19.7 Å². The fraction of sp³-hybridized carbons (Fsp3) is 0.579. The second kappa shape index (κ2) is 8.84. The van der Waals surface area contributed by atoms with Crippen LogP contribution in [0.2, 0.25) is 0 Å². The Labute approximate surface area is 161 Å². The number of benzene rings is 1. The van der Waals surface area contributed by atoms with E-state index in [1.54, 1.807) is 19.9 Å². The Bertz CT molecular complexity index is 796. The molecule has 1 aromatic rings. The number of piperidine rings is 1. The van der Waals surface area contributed by atoms with Crippen LogP contribution in [0.1, 0.15) is 49.5 Å². The fourth-order valence-electron chi connectivity index (χ4n) is 3.09. The van der Waals surface area contributed by atoms with Crippen molar-refractivity contribution in [2.45, 2.75) is 51.5 Å². The fourth-order valence-corrected chi connectivity index (χ4v) is 4.58. The first-order valence-electron chi connectivity index (χ1n) is 9.25. The van der Waals surface area contributed by atoms with E-state index in [2.05, 4.69) is 5.32 Å². The minimum atomic E-state index is -3.72.